The van der Waals surface area contributed by atoms with Crippen LogP contribution in [0.4, 0.5) is 0 Å². The van der Waals surface area contributed by atoms with E-state index in [1.54, 1.807) is 0 Å². The summed E-state index contributed by atoms with van der Waals surface area (Å²) in [7, 11) is 0. The summed E-state index contributed by atoms with van der Waals surface area (Å²) in [6, 6.07) is 7.47. The molecule has 1 saturated heterocycles. The van der Waals surface area contributed by atoms with Crippen molar-refractivity contribution in [2.75, 3.05) is 19.6 Å². The van der Waals surface area contributed by atoms with Gasteiger partial charge in [0.1, 0.15) is 5.69 Å². The van der Waals surface area contributed by atoms with Gasteiger partial charge in [0.25, 0.3) is 0 Å². The van der Waals surface area contributed by atoms with Crippen molar-refractivity contribution >= 4 is 22.8 Å². The Bertz CT molecular complexity index is 702. The van der Waals surface area contributed by atoms with Crippen LogP contribution in [0.25, 0.3) is 11.0 Å². The molecule has 2 heterocycles. The number of hydrogen-bond acceptors (Lipinski definition) is 4. The highest BCUT2D eigenvalue weighted by Crippen LogP contribution is 2.18. The molecule has 1 fully saturated rings. The predicted octanol–water partition coefficient (Wildman–Crippen LogP) is 2.28. The lowest BCUT2D eigenvalue weighted by molar-refractivity contribution is -0.131. The molecule has 1 aliphatic rings. The van der Waals surface area contributed by atoms with Crippen LogP contribution in [0.3, 0.4) is 0 Å². The molecule has 1 aromatic carbocycles. The molecule has 0 atom stereocenters. The average Bonchev–Trinajstić information content (AvgIpc) is 2.81. The number of rotatable bonds is 5. The lowest BCUT2D eigenvalue weighted by Gasteiger charge is -2.20. The minimum Gasteiger partial charge on any atom is -0.356 e. The quantitative estimate of drug-likeness (QED) is 0.913. The van der Waals surface area contributed by atoms with Gasteiger partial charge in [0.2, 0.25) is 11.8 Å². The third-order valence-corrected chi connectivity index (χ3v) is 4.40. The van der Waals surface area contributed by atoms with E-state index < -0.39 is 0 Å². The molecule has 1 aliphatic heterocycles. The van der Waals surface area contributed by atoms with E-state index in [2.05, 4.69) is 10.5 Å². The molecule has 2 amide bonds. The van der Waals surface area contributed by atoms with Crippen molar-refractivity contribution in [1.82, 2.24) is 15.4 Å². The summed E-state index contributed by atoms with van der Waals surface area (Å²) in [4.78, 5) is 26.1. The molecule has 128 valence electrons. The number of nitrogens with zero attached hydrogens (tertiary/aromatic N) is 2. The molecule has 0 unspecified atom stereocenters. The van der Waals surface area contributed by atoms with E-state index in [0.29, 0.717) is 24.2 Å². The topological polar surface area (TPSA) is 75.4 Å². The number of hydrogen-bond donors (Lipinski definition) is 1. The van der Waals surface area contributed by atoms with E-state index in [0.717, 1.165) is 31.3 Å². The lowest BCUT2D eigenvalue weighted by Crippen LogP contribution is -2.35. The smallest absolute Gasteiger partial charge is 0.226 e. The maximum atomic E-state index is 12.2. The number of aromatic nitrogens is 1. The zero-order valence-corrected chi connectivity index (χ0v) is 13.8. The predicted molar refractivity (Wildman–Crippen MR) is 90.4 cm³/mol. The Labute approximate surface area is 141 Å². The van der Waals surface area contributed by atoms with E-state index in [1.165, 1.54) is 12.8 Å². The second-order valence-electron chi connectivity index (χ2n) is 6.20. The standard InChI is InChI=1S/C18H23N3O3/c22-17(13-15-14-7-3-4-8-16(14)24-20-15)19-10-9-18(23)21-11-5-1-2-6-12-21/h3-4,7-8H,1-2,5-6,9-13H2,(H,19,22). The van der Waals surface area contributed by atoms with Gasteiger partial charge >= 0.3 is 0 Å². The summed E-state index contributed by atoms with van der Waals surface area (Å²) in [6.07, 6.45) is 5.08. The lowest BCUT2D eigenvalue weighted by atomic mass is 10.1. The van der Waals surface area contributed by atoms with Crippen molar-refractivity contribution in [1.29, 1.82) is 0 Å². The Hall–Kier alpha value is -2.37. The normalized spacial score (nSPS) is 15.2. The maximum Gasteiger partial charge on any atom is 0.226 e. The number of carbonyl (C=O) groups excluding carboxylic acids is 2. The fourth-order valence-corrected chi connectivity index (χ4v) is 3.07. The van der Waals surface area contributed by atoms with E-state index in [1.807, 2.05) is 29.2 Å². The molecule has 0 bridgehead atoms. The number of fused-ring (bicyclic) bond motifs is 1. The highest BCUT2D eigenvalue weighted by molar-refractivity contribution is 5.86. The van der Waals surface area contributed by atoms with Crippen molar-refractivity contribution < 1.29 is 14.1 Å². The summed E-state index contributed by atoms with van der Waals surface area (Å²) in [5.74, 6) is -0.0122. The van der Waals surface area contributed by atoms with Crippen molar-refractivity contribution in [3.8, 4) is 0 Å². The number of benzene rings is 1. The van der Waals surface area contributed by atoms with Gasteiger partial charge in [-0.25, -0.2) is 0 Å². The van der Waals surface area contributed by atoms with Crippen LogP contribution in [0.5, 0.6) is 0 Å². The number of para-hydroxylation sites is 1. The van der Waals surface area contributed by atoms with Crippen LogP contribution in [0, 0.1) is 0 Å². The van der Waals surface area contributed by atoms with E-state index in [-0.39, 0.29) is 18.2 Å². The fourth-order valence-electron chi connectivity index (χ4n) is 3.07. The van der Waals surface area contributed by atoms with Gasteiger partial charge in [0.15, 0.2) is 5.58 Å². The first-order valence-corrected chi connectivity index (χ1v) is 8.62. The molecule has 0 spiro atoms. The highest BCUT2D eigenvalue weighted by atomic mass is 16.5. The van der Waals surface area contributed by atoms with Gasteiger partial charge in [0.05, 0.1) is 6.42 Å². The van der Waals surface area contributed by atoms with Crippen LogP contribution >= 0.6 is 0 Å². The summed E-state index contributed by atoms with van der Waals surface area (Å²) < 4.78 is 5.19. The number of nitrogens with one attached hydrogen (secondary N) is 1. The molecule has 6 heteroatoms. The highest BCUT2D eigenvalue weighted by Gasteiger charge is 2.16. The molecule has 1 N–H and O–H groups in total. The molecule has 1 aromatic heterocycles. The molecule has 3 rings (SSSR count). The van der Waals surface area contributed by atoms with Gasteiger partial charge in [-0.2, -0.15) is 0 Å². The van der Waals surface area contributed by atoms with Gasteiger partial charge in [-0.1, -0.05) is 30.1 Å². The first-order chi connectivity index (χ1) is 11.7. The van der Waals surface area contributed by atoms with Gasteiger partial charge in [-0.05, 0) is 25.0 Å². The van der Waals surface area contributed by atoms with Crippen LogP contribution < -0.4 is 5.32 Å². The van der Waals surface area contributed by atoms with Gasteiger partial charge < -0.3 is 14.7 Å². The van der Waals surface area contributed by atoms with E-state index in [9.17, 15) is 9.59 Å². The number of amides is 2. The molecule has 0 radical (unpaired) electrons. The molecule has 24 heavy (non-hydrogen) atoms. The van der Waals surface area contributed by atoms with Crippen LogP contribution in [0.1, 0.15) is 37.8 Å². The molecule has 2 aromatic rings. The second-order valence-corrected chi connectivity index (χ2v) is 6.20. The minimum absolute atomic E-state index is 0.129. The zero-order valence-electron chi connectivity index (χ0n) is 13.8. The molecular formula is C18H23N3O3. The van der Waals surface area contributed by atoms with Crippen LogP contribution in [0.2, 0.25) is 0 Å². The van der Waals surface area contributed by atoms with Crippen molar-refractivity contribution in [3.63, 3.8) is 0 Å². The van der Waals surface area contributed by atoms with E-state index >= 15 is 0 Å². The third-order valence-electron chi connectivity index (χ3n) is 4.40. The summed E-state index contributed by atoms with van der Waals surface area (Å²) in [5, 5.41) is 7.61. The summed E-state index contributed by atoms with van der Waals surface area (Å²) in [5.41, 5.74) is 1.30. The van der Waals surface area contributed by atoms with Gasteiger partial charge in [-0.3, -0.25) is 9.59 Å². The fraction of sp³-hybridized carbons (Fsp3) is 0.500. The van der Waals surface area contributed by atoms with Crippen LogP contribution in [0.15, 0.2) is 28.8 Å². The Balaban J connectivity index is 1.44. The molecule has 6 nitrogen and oxygen atoms in total. The largest absolute Gasteiger partial charge is 0.356 e. The van der Waals surface area contributed by atoms with Gasteiger partial charge in [-0.15, -0.1) is 0 Å². The Morgan fingerprint density at radius 2 is 1.88 bits per heavy atom. The first-order valence-electron chi connectivity index (χ1n) is 8.62. The number of carbonyl (C=O) groups is 2. The first kappa shape index (κ1) is 16.5. The van der Waals surface area contributed by atoms with Crippen molar-refractivity contribution in [2.24, 2.45) is 0 Å². The van der Waals surface area contributed by atoms with Crippen LogP contribution in [-0.2, 0) is 16.0 Å². The molecule has 0 saturated carbocycles. The van der Waals surface area contributed by atoms with E-state index in [4.69, 9.17) is 4.52 Å². The summed E-state index contributed by atoms with van der Waals surface area (Å²) >= 11 is 0. The Morgan fingerprint density at radius 3 is 2.67 bits per heavy atom. The maximum absolute atomic E-state index is 12.2. The van der Waals surface area contributed by atoms with Crippen molar-refractivity contribution in [2.45, 2.75) is 38.5 Å². The monoisotopic (exact) mass is 329 g/mol. The number of likely N-dealkylation sites (tertiary alicyclic amines) is 1. The summed E-state index contributed by atoms with van der Waals surface area (Å²) in [6.45, 7) is 2.05. The minimum atomic E-state index is -0.141. The zero-order chi connectivity index (χ0) is 16.8. The SMILES string of the molecule is O=C(Cc1noc2ccccc12)NCCC(=O)N1CCCCCC1. The third kappa shape index (κ3) is 4.13. The van der Waals surface area contributed by atoms with Crippen LogP contribution in [-0.4, -0.2) is 41.5 Å². The second kappa shape index (κ2) is 7.95. The Morgan fingerprint density at radius 1 is 1.12 bits per heavy atom. The molecule has 0 aliphatic carbocycles. The molecular weight excluding hydrogens is 306 g/mol. The van der Waals surface area contributed by atoms with Crippen molar-refractivity contribution in [3.05, 3.63) is 30.0 Å². The average molecular weight is 329 g/mol. The van der Waals surface area contributed by atoms with Gasteiger partial charge in [0, 0.05) is 31.4 Å². The Kier molecular flexibility index (Phi) is 5.46.